The number of carbonyl (C=O) groups excluding carboxylic acids is 1. The Morgan fingerprint density at radius 2 is 2.12 bits per heavy atom. The largest absolute Gasteiger partial charge is 0.469 e. The SMILES string of the molecule is COC(=O)[C@@H]1CNC[C@H]1c1ccccc1Cl.Cl. The zero-order valence-electron chi connectivity index (χ0n) is 9.48. The molecule has 2 rings (SSSR count). The van der Waals surface area contributed by atoms with Crippen LogP contribution in [0.2, 0.25) is 5.02 Å². The average Bonchev–Trinajstić information content (AvgIpc) is 2.77. The van der Waals surface area contributed by atoms with Gasteiger partial charge in [-0.1, -0.05) is 29.8 Å². The van der Waals surface area contributed by atoms with Crippen molar-refractivity contribution in [3.63, 3.8) is 0 Å². The van der Waals surface area contributed by atoms with Crippen LogP contribution in [0.4, 0.5) is 0 Å². The number of hydrogen-bond acceptors (Lipinski definition) is 3. The van der Waals surface area contributed by atoms with E-state index in [2.05, 4.69) is 5.32 Å². The van der Waals surface area contributed by atoms with Crippen LogP contribution in [-0.2, 0) is 9.53 Å². The molecule has 1 N–H and O–H groups in total. The van der Waals surface area contributed by atoms with E-state index in [1.165, 1.54) is 7.11 Å². The summed E-state index contributed by atoms with van der Waals surface area (Å²) in [4.78, 5) is 11.6. The lowest BCUT2D eigenvalue weighted by atomic mass is 9.89. The lowest BCUT2D eigenvalue weighted by Crippen LogP contribution is -2.23. The predicted molar refractivity (Wildman–Crippen MR) is 69.8 cm³/mol. The standard InChI is InChI=1S/C12H14ClNO2.ClH/c1-16-12(15)10-7-14-6-9(10)8-4-2-3-5-11(8)13;/h2-5,9-10,14H,6-7H2,1H3;1H/t9-,10+;/m0./s1. The summed E-state index contributed by atoms with van der Waals surface area (Å²) in [5.74, 6) is -0.194. The van der Waals surface area contributed by atoms with Crippen molar-refractivity contribution in [2.24, 2.45) is 5.92 Å². The molecule has 1 aliphatic rings. The van der Waals surface area contributed by atoms with Gasteiger partial charge in [0.25, 0.3) is 0 Å². The number of methoxy groups -OCH3 is 1. The Labute approximate surface area is 112 Å². The Hall–Kier alpha value is -0.770. The number of hydrogen-bond donors (Lipinski definition) is 1. The van der Waals surface area contributed by atoms with Crippen LogP contribution < -0.4 is 5.32 Å². The molecule has 2 atom stereocenters. The second kappa shape index (κ2) is 6.24. The molecule has 0 aromatic heterocycles. The van der Waals surface area contributed by atoms with Gasteiger partial charge < -0.3 is 10.1 Å². The molecule has 3 nitrogen and oxygen atoms in total. The maximum Gasteiger partial charge on any atom is 0.310 e. The highest BCUT2D eigenvalue weighted by molar-refractivity contribution is 6.31. The maximum absolute atomic E-state index is 11.6. The third-order valence-corrected chi connectivity index (χ3v) is 3.37. The fourth-order valence-corrected chi connectivity index (χ4v) is 2.46. The molecule has 17 heavy (non-hydrogen) atoms. The zero-order chi connectivity index (χ0) is 11.5. The van der Waals surface area contributed by atoms with Crippen molar-refractivity contribution >= 4 is 30.0 Å². The minimum Gasteiger partial charge on any atom is -0.469 e. The molecule has 0 amide bonds. The van der Waals surface area contributed by atoms with Crippen LogP contribution in [0.1, 0.15) is 11.5 Å². The first kappa shape index (κ1) is 14.3. The Balaban J connectivity index is 0.00000144. The highest BCUT2D eigenvalue weighted by Gasteiger charge is 2.35. The van der Waals surface area contributed by atoms with Gasteiger partial charge in [-0.25, -0.2) is 0 Å². The van der Waals surface area contributed by atoms with Gasteiger partial charge in [-0.3, -0.25) is 4.79 Å². The van der Waals surface area contributed by atoms with Crippen molar-refractivity contribution < 1.29 is 9.53 Å². The molecule has 0 radical (unpaired) electrons. The van der Waals surface area contributed by atoms with Crippen LogP contribution in [0.5, 0.6) is 0 Å². The fraction of sp³-hybridized carbons (Fsp3) is 0.417. The lowest BCUT2D eigenvalue weighted by molar-refractivity contribution is -0.145. The van der Waals surface area contributed by atoms with E-state index in [-0.39, 0.29) is 30.2 Å². The molecule has 0 bridgehead atoms. The van der Waals surface area contributed by atoms with Crippen molar-refractivity contribution in [3.05, 3.63) is 34.9 Å². The molecular formula is C12H15Cl2NO2. The Morgan fingerprint density at radius 3 is 2.76 bits per heavy atom. The molecule has 1 heterocycles. The fourth-order valence-electron chi connectivity index (χ4n) is 2.18. The van der Waals surface area contributed by atoms with E-state index in [0.29, 0.717) is 11.6 Å². The summed E-state index contributed by atoms with van der Waals surface area (Å²) < 4.78 is 4.80. The first-order chi connectivity index (χ1) is 7.74. The topological polar surface area (TPSA) is 38.3 Å². The first-order valence-electron chi connectivity index (χ1n) is 5.27. The molecular weight excluding hydrogens is 261 g/mol. The number of halogens is 2. The van der Waals surface area contributed by atoms with Crippen molar-refractivity contribution in [2.45, 2.75) is 5.92 Å². The van der Waals surface area contributed by atoms with Gasteiger partial charge in [-0.15, -0.1) is 12.4 Å². The average molecular weight is 276 g/mol. The number of nitrogens with one attached hydrogen (secondary N) is 1. The molecule has 0 unspecified atom stereocenters. The van der Waals surface area contributed by atoms with Crippen molar-refractivity contribution in [1.29, 1.82) is 0 Å². The summed E-state index contributed by atoms with van der Waals surface area (Å²) in [5, 5.41) is 3.92. The van der Waals surface area contributed by atoms with Crippen molar-refractivity contribution in [3.8, 4) is 0 Å². The number of carbonyl (C=O) groups is 1. The molecule has 94 valence electrons. The van der Waals surface area contributed by atoms with Crippen LogP contribution in [0.3, 0.4) is 0 Å². The molecule has 1 aromatic rings. The Morgan fingerprint density at radius 1 is 1.41 bits per heavy atom. The van der Waals surface area contributed by atoms with Gasteiger partial charge in [0.1, 0.15) is 0 Å². The lowest BCUT2D eigenvalue weighted by Gasteiger charge is -2.17. The van der Waals surface area contributed by atoms with Crippen LogP contribution in [0, 0.1) is 5.92 Å². The highest BCUT2D eigenvalue weighted by atomic mass is 35.5. The van der Waals surface area contributed by atoms with Crippen LogP contribution in [0.15, 0.2) is 24.3 Å². The number of ether oxygens (including phenoxy) is 1. The summed E-state index contributed by atoms with van der Waals surface area (Å²) in [6.07, 6.45) is 0. The predicted octanol–water partition coefficient (Wildman–Crippen LogP) is 2.24. The van der Waals surface area contributed by atoms with Gasteiger partial charge >= 0.3 is 5.97 Å². The highest BCUT2D eigenvalue weighted by Crippen LogP contribution is 2.33. The number of esters is 1. The summed E-state index contributed by atoms with van der Waals surface area (Å²) in [6.45, 7) is 1.42. The first-order valence-corrected chi connectivity index (χ1v) is 5.65. The molecule has 1 aliphatic heterocycles. The van der Waals surface area contributed by atoms with Crippen molar-refractivity contribution in [1.82, 2.24) is 5.32 Å². The molecule has 1 saturated heterocycles. The molecule has 1 fully saturated rings. The van der Waals surface area contributed by atoms with E-state index in [0.717, 1.165) is 12.1 Å². The van der Waals surface area contributed by atoms with Crippen molar-refractivity contribution in [2.75, 3.05) is 20.2 Å². The van der Waals surface area contributed by atoms with E-state index < -0.39 is 0 Å². The van der Waals surface area contributed by atoms with Crippen LogP contribution >= 0.6 is 24.0 Å². The van der Waals surface area contributed by atoms with Crippen LogP contribution in [-0.4, -0.2) is 26.2 Å². The maximum atomic E-state index is 11.6. The van der Waals surface area contributed by atoms with E-state index in [9.17, 15) is 4.79 Å². The monoisotopic (exact) mass is 275 g/mol. The molecule has 0 spiro atoms. The van der Waals surface area contributed by atoms with Crippen LogP contribution in [0.25, 0.3) is 0 Å². The second-order valence-corrected chi connectivity index (χ2v) is 4.32. The van der Waals surface area contributed by atoms with Gasteiger partial charge in [0, 0.05) is 24.0 Å². The van der Waals surface area contributed by atoms with Gasteiger partial charge in [0.15, 0.2) is 0 Å². The molecule has 0 saturated carbocycles. The molecule has 5 heteroatoms. The van der Waals surface area contributed by atoms with Gasteiger partial charge in [0.2, 0.25) is 0 Å². The van der Waals surface area contributed by atoms with E-state index in [1.54, 1.807) is 0 Å². The number of rotatable bonds is 2. The normalized spacial score (nSPS) is 22.9. The second-order valence-electron chi connectivity index (χ2n) is 3.92. The van der Waals surface area contributed by atoms with Gasteiger partial charge in [0.05, 0.1) is 13.0 Å². The smallest absolute Gasteiger partial charge is 0.310 e. The Kier molecular flexibility index (Phi) is 5.25. The quantitative estimate of drug-likeness (QED) is 0.842. The van der Waals surface area contributed by atoms with E-state index >= 15 is 0 Å². The Bertz CT molecular complexity index is 398. The summed E-state index contributed by atoms with van der Waals surface area (Å²) in [6, 6.07) is 7.65. The summed E-state index contributed by atoms with van der Waals surface area (Å²) in [7, 11) is 1.42. The minimum absolute atomic E-state index is 0. The van der Waals surface area contributed by atoms with Gasteiger partial charge in [-0.05, 0) is 11.6 Å². The van der Waals surface area contributed by atoms with Gasteiger partial charge in [-0.2, -0.15) is 0 Å². The summed E-state index contributed by atoms with van der Waals surface area (Å²) in [5.41, 5.74) is 1.02. The van der Waals surface area contributed by atoms with E-state index in [4.69, 9.17) is 16.3 Å². The number of benzene rings is 1. The minimum atomic E-state index is -0.171. The third kappa shape index (κ3) is 2.92. The summed E-state index contributed by atoms with van der Waals surface area (Å²) >= 11 is 6.14. The van der Waals surface area contributed by atoms with E-state index in [1.807, 2.05) is 24.3 Å². The molecule has 0 aliphatic carbocycles. The molecule has 1 aromatic carbocycles. The third-order valence-electron chi connectivity index (χ3n) is 3.02. The zero-order valence-corrected chi connectivity index (χ0v) is 11.1.